The number of methoxy groups -OCH3 is 2. The van der Waals surface area contributed by atoms with E-state index in [1.54, 1.807) is 14.2 Å². The Balaban J connectivity index is 1.70. The SMILES string of the molecule is COc1ccc(CN2C[C@@H]3C[C@@H](O)CN3C[C@H]2C)cc1OC. The molecule has 2 heterocycles. The Kier molecular flexibility index (Phi) is 4.57. The number of rotatable bonds is 4. The highest BCUT2D eigenvalue weighted by atomic mass is 16.5. The summed E-state index contributed by atoms with van der Waals surface area (Å²) in [5.41, 5.74) is 1.23. The highest BCUT2D eigenvalue weighted by molar-refractivity contribution is 5.42. The molecular formula is C17H26N2O3. The number of hydrogen-bond acceptors (Lipinski definition) is 5. The quantitative estimate of drug-likeness (QED) is 0.909. The maximum atomic E-state index is 9.86. The van der Waals surface area contributed by atoms with E-state index in [1.807, 2.05) is 6.07 Å². The molecule has 2 aliphatic heterocycles. The van der Waals surface area contributed by atoms with Crippen LogP contribution in [0.5, 0.6) is 11.5 Å². The molecule has 22 heavy (non-hydrogen) atoms. The van der Waals surface area contributed by atoms with Crippen molar-refractivity contribution in [2.45, 2.75) is 38.1 Å². The molecule has 3 atom stereocenters. The maximum absolute atomic E-state index is 9.86. The number of fused-ring (bicyclic) bond motifs is 1. The zero-order valence-electron chi connectivity index (χ0n) is 13.7. The molecular weight excluding hydrogens is 280 g/mol. The largest absolute Gasteiger partial charge is 0.493 e. The van der Waals surface area contributed by atoms with Crippen LogP contribution in [0.4, 0.5) is 0 Å². The fourth-order valence-corrected chi connectivity index (χ4v) is 3.71. The van der Waals surface area contributed by atoms with Crippen LogP contribution in [0.1, 0.15) is 18.9 Å². The number of aliphatic hydroxyl groups is 1. The predicted octanol–water partition coefficient (Wildman–Crippen LogP) is 1.34. The van der Waals surface area contributed by atoms with E-state index in [9.17, 15) is 5.11 Å². The zero-order chi connectivity index (χ0) is 15.7. The van der Waals surface area contributed by atoms with Crippen LogP contribution in [0.2, 0.25) is 0 Å². The second-order valence-electron chi connectivity index (χ2n) is 6.47. The van der Waals surface area contributed by atoms with Gasteiger partial charge in [-0.15, -0.1) is 0 Å². The minimum Gasteiger partial charge on any atom is -0.493 e. The van der Waals surface area contributed by atoms with Gasteiger partial charge in [0.1, 0.15) is 0 Å². The number of nitrogens with zero attached hydrogens (tertiary/aromatic N) is 2. The van der Waals surface area contributed by atoms with Crippen LogP contribution in [-0.4, -0.2) is 66.9 Å². The Hall–Kier alpha value is -1.30. The second-order valence-corrected chi connectivity index (χ2v) is 6.47. The van der Waals surface area contributed by atoms with E-state index >= 15 is 0 Å². The molecule has 0 aliphatic carbocycles. The molecule has 2 fully saturated rings. The summed E-state index contributed by atoms with van der Waals surface area (Å²) < 4.78 is 10.7. The van der Waals surface area contributed by atoms with Gasteiger partial charge in [0.25, 0.3) is 0 Å². The normalized spacial score (nSPS) is 29.4. The molecule has 5 heteroatoms. The molecule has 122 valence electrons. The van der Waals surface area contributed by atoms with Gasteiger partial charge in [0.05, 0.1) is 20.3 Å². The van der Waals surface area contributed by atoms with Gasteiger partial charge in [-0.25, -0.2) is 0 Å². The smallest absolute Gasteiger partial charge is 0.161 e. The molecule has 2 saturated heterocycles. The van der Waals surface area contributed by atoms with Crippen LogP contribution in [0.25, 0.3) is 0 Å². The lowest BCUT2D eigenvalue weighted by Crippen LogP contribution is -2.54. The molecule has 0 amide bonds. The molecule has 0 spiro atoms. The van der Waals surface area contributed by atoms with E-state index in [0.29, 0.717) is 12.1 Å². The van der Waals surface area contributed by atoms with Crippen molar-refractivity contribution in [1.82, 2.24) is 9.80 Å². The molecule has 5 nitrogen and oxygen atoms in total. The first kappa shape index (κ1) is 15.6. The lowest BCUT2D eigenvalue weighted by atomic mass is 10.1. The van der Waals surface area contributed by atoms with Crippen LogP contribution in [0.3, 0.4) is 0 Å². The van der Waals surface area contributed by atoms with Gasteiger partial charge in [-0.3, -0.25) is 9.80 Å². The Bertz CT molecular complexity index is 523. The number of piperazine rings is 1. The van der Waals surface area contributed by atoms with E-state index in [-0.39, 0.29) is 6.10 Å². The van der Waals surface area contributed by atoms with Crippen molar-refractivity contribution in [2.75, 3.05) is 33.9 Å². The predicted molar refractivity (Wildman–Crippen MR) is 85.4 cm³/mol. The maximum Gasteiger partial charge on any atom is 0.161 e. The van der Waals surface area contributed by atoms with Gasteiger partial charge in [-0.05, 0) is 31.0 Å². The summed E-state index contributed by atoms with van der Waals surface area (Å²) in [4.78, 5) is 4.93. The molecule has 3 rings (SSSR count). The first-order valence-electron chi connectivity index (χ1n) is 7.97. The highest BCUT2D eigenvalue weighted by Crippen LogP contribution is 2.30. The van der Waals surface area contributed by atoms with Crippen LogP contribution in [0, 0.1) is 0 Å². The van der Waals surface area contributed by atoms with Gasteiger partial charge in [0, 0.05) is 38.3 Å². The van der Waals surface area contributed by atoms with Crippen molar-refractivity contribution in [3.8, 4) is 11.5 Å². The molecule has 2 aliphatic rings. The third-order valence-corrected chi connectivity index (χ3v) is 4.91. The van der Waals surface area contributed by atoms with E-state index in [2.05, 4.69) is 28.9 Å². The molecule has 0 radical (unpaired) electrons. The molecule has 1 aromatic rings. The Morgan fingerprint density at radius 2 is 1.91 bits per heavy atom. The topological polar surface area (TPSA) is 45.2 Å². The highest BCUT2D eigenvalue weighted by Gasteiger charge is 2.37. The Labute approximate surface area is 132 Å². The monoisotopic (exact) mass is 306 g/mol. The summed E-state index contributed by atoms with van der Waals surface area (Å²) in [6.07, 6.45) is 0.744. The van der Waals surface area contributed by atoms with Crippen LogP contribution >= 0.6 is 0 Å². The molecule has 0 saturated carbocycles. The average Bonchev–Trinajstić information content (AvgIpc) is 2.86. The lowest BCUT2D eigenvalue weighted by Gasteiger charge is -2.42. The third kappa shape index (κ3) is 3.07. The first-order chi connectivity index (χ1) is 10.6. The minimum absolute atomic E-state index is 0.154. The standard InChI is InChI=1S/C17H26N2O3/c1-12-8-19-11-15(20)7-14(19)10-18(12)9-13-4-5-16(21-2)17(6-13)22-3/h4-6,12,14-15,20H,7-11H2,1-3H3/t12-,14+,15-/m1/s1. The summed E-state index contributed by atoms with van der Waals surface area (Å²) in [6, 6.07) is 7.11. The van der Waals surface area contributed by atoms with Crippen molar-refractivity contribution in [2.24, 2.45) is 0 Å². The van der Waals surface area contributed by atoms with Crippen molar-refractivity contribution < 1.29 is 14.6 Å². The Morgan fingerprint density at radius 1 is 1.14 bits per heavy atom. The number of benzene rings is 1. The van der Waals surface area contributed by atoms with Gasteiger partial charge in [-0.1, -0.05) is 6.07 Å². The van der Waals surface area contributed by atoms with Crippen molar-refractivity contribution in [1.29, 1.82) is 0 Å². The van der Waals surface area contributed by atoms with Crippen molar-refractivity contribution in [3.05, 3.63) is 23.8 Å². The molecule has 0 aromatic heterocycles. The van der Waals surface area contributed by atoms with Gasteiger partial charge < -0.3 is 14.6 Å². The molecule has 0 bridgehead atoms. The zero-order valence-corrected chi connectivity index (χ0v) is 13.7. The summed E-state index contributed by atoms with van der Waals surface area (Å²) >= 11 is 0. The van der Waals surface area contributed by atoms with E-state index in [0.717, 1.165) is 44.1 Å². The number of hydrogen-bond donors (Lipinski definition) is 1. The van der Waals surface area contributed by atoms with Crippen LogP contribution in [-0.2, 0) is 6.54 Å². The minimum atomic E-state index is -0.154. The Morgan fingerprint density at radius 3 is 2.64 bits per heavy atom. The van der Waals surface area contributed by atoms with E-state index in [1.165, 1.54) is 5.56 Å². The molecule has 0 unspecified atom stereocenters. The second kappa shape index (κ2) is 6.44. The fraction of sp³-hybridized carbons (Fsp3) is 0.647. The summed E-state index contributed by atoms with van der Waals surface area (Å²) in [5, 5.41) is 9.86. The van der Waals surface area contributed by atoms with Gasteiger partial charge >= 0.3 is 0 Å². The van der Waals surface area contributed by atoms with E-state index < -0.39 is 0 Å². The van der Waals surface area contributed by atoms with Crippen LogP contribution in [0.15, 0.2) is 18.2 Å². The summed E-state index contributed by atoms with van der Waals surface area (Å²) in [6.45, 7) is 6.06. The van der Waals surface area contributed by atoms with Crippen molar-refractivity contribution >= 4 is 0 Å². The van der Waals surface area contributed by atoms with Crippen LogP contribution < -0.4 is 9.47 Å². The number of ether oxygens (including phenoxy) is 2. The summed E-state index contributed by atoms with van der Waals surface area (Å²) in [7, 11) is 3.33. The van der Waals surface area contributed by atoms with E-state index in [4.69, 9.17) is 9.47 Å². The average molecular weight is 306 g/mol. The third-order valence-electron chi connectivity index (χ3n) is 4.91. The van der Waals surface area contributed by atoms with Gasteiger partial charge in [-0.2, -0.15) is 0 Å². The van der Waals surface area contributed by atoms with Gasteiger partial charge in [0.2, 0.25) is 0 Å². The number of aliphatic hydroxyl groups excluding tert-OH is 1. The molecule has 1 N–H and O–H groups in total. The lowest BCUT2D eigenvalue weighted by molar-refractivity contribution is 0.0528. The first-order valence-corrected chi connectivity index (χ1v) is 7.97. The fourth-order valence-electron chi connectivity index (χ4n) is 3.71. The molecule has 1 aromatic carbocycles. The van der Waals surface area contributed by atoms with Gasteiger partial charge in [0.15, 0.2) is 11.5 Å². The summed E-state index contributed by atoms with van der Waals surface area (Å²) in [5.74, 6) is 1.55. The van der Waals surface area contributed by atoms with Crippen molar-refractivity contribution in [3.63, 3.8) is 0 Å².